The molecule has 2 rings (SSSR count). The van der Waals surface area contributed by atoms with E-state index >= 15 is 0 Å². The molecule has 0 saturated carbocycles. The van der Waals surface area contributed by atoms with E-state index in [9.17, 15) is 19.2 Å². The van der Waals surface area contributed by atoms with Crippen molar-refractivity contribution in [2.24, 2.45) is 5.92 Å². The summed E-state index contributed by atoms with van der Waals surface area (Å²) < 4.78 is 9.85. The van der Waals surface area contributed by atoms with Gasteiger partial charge in [0.15, 0.2) is 6.61 Å². The second-order valence-corrected chi connectivity index (χ2v) is 7.43. The highest BCUT2D eigenvalue weighted by Crippen LogP contribution is 2.18. The quantitative estimate of drug-likeness (QED) is 0.647. The molecule has 1 aromatic carbocycles. The molecule has 1 aliphatic heterocycles. The summed E-state index contributed by atoms with van der Waals surface area (Å²) in [7, 11) is 1.35. The molecule has 1 saturated heterocycles. The summed E-state index contributed by atoms with van der Waals surface area (Å²) in [5.74, 6) is -1.33. The second-order valence-electron chi connectivity index (χ2n) is 7.43. The lowest BCUT2D eigenvalue weighted by Crippen LogP contribution is -2.42. The van der Waals surface area contributed by atoms with Crippen LogP contribution in [0.4, 0.5) is 4.79 Å². The van der Waals surface area contributed by atoms with E-state index in [-0.39, 0.29) is 36.5 Å². The van der Waals surface area contributed by atoms with E-state index in [1.807, 2.05) is 13.8 Å². The molecule has 0 aliphatic carbocycles. The Kier molecular flexibility index (Phi) is 8.64. The summed E-state index contributed by atoms with van der Waals surface area (Å²) >= 11 is 0. The highest BCUT2D eigenvalue weighted by atomic mass is 16.5. The van der Waals surface area contributed by atoms with Gasteiger partial charge in [-0.1, -0.05) is 12.1 Å². The molecule has 3 amide bonds. The van der Waals surface area contributed by atoms with Crippen molar-refractivity contribution in [1.29, 1.82) is 0 Å². The molecule has 9 nitrogen and oxygen atoms in total. The summed E-state index contributed by atoms with van der Waals surface area (Å²) in [4.78, 5) is 49.1. The lowest BCUT2D eigenvalue weighted by molar-refractivity contribution is -0.149. The average molecular weight is 419 g/mol. The number of hydrogen-bond acceptors (Lipinski definition) is 6. The maximum atomic E-state index is 12.2. The van der Waals surface area contributed by atoms with Crippen LogP contribution in [0.15, 0.2) is 24.3 Å². The van der Waals surface area contributed by atoms with Crippen LogP contribution in [0, 0.1) is 5.92 Å². The number of methoxy groups -OCH3 is 1. The van der Waals surface area contributed by atoms with E-state index in [2.05, 4.69) is 10.6 Å². The van der Waals surface area contributed by atoms with Crippen molar-refractivity contribution >= 4 is 23.9 Å². The van der Waals surface area contributed by atoms with Crippen molar-refractivity contribution in [3.63, 3.8) is 0 Å². The lowest BCUT2D eigenvalue weighted by atomic mass is 9.97. The van der Waals surface area contributed by atoms with Crippen molar-refractivity contribution in [3.05, 3.63) is 35.4 Å². The highest BCUT2D eigenvalue weighted by molar-refractivity contribution is 5.91. The molecule has 1 aromatic rings. The molecule has 9 heteroatoms. The molecule has 2 N–H and O–H groups in total. The van der Waals surface area contributed by atoms with Crippen LogP contribution in [0.5, 0.6) is 0 Å². The predicted molar refractivity (Wildman–Crippen MR) is 109 cm³/mol. The van der Waals surface area contributed by atoms with Crippen molar-refractivity contribution in [3.8, 4) is 0 Å². The molecule has 0 radical (unpaired) electrons. The van der Waals surface area contributed by atoms with E-state index in [0.717, 1.165) is 5.56 Å². The van der Waals surface area contributed by atoms with Crippen LogP contribution in [0.2, 0.25) is 0 Å². The van der Waals surface area contributed by atoms with Crippen LogP contribution >= 0.6 is 0 Å². The number of esters is 2. The van der Waals surface area contributed by atoms with Crippen molar-refractivity contribution < 1.29 is 28.7 Å². The number of urea groups is 1. The Hall–Kier alpha value is -3.10. The number of hydrogen-bond donors (Lipinski definition) is 2. The van der Waals surface area contributed by atoms with Gasteiger partial charge in [-0.25, -0.2) is 9.59 Å². The predicted octanol–water partition coefficient (Wildman–Crippen LogP) is 1.46. The van der Waals surface area contributed by atoms with Gasteiger partial charge in [0, 0.05) is 25.7 Å². The summed E-state index contributed by atoms with van der Waals surface area (Å²) in [6.45, 7) is 4.59. The van der Waals surface area contributed by atoms with Crippen LogP contribution in [-0.4, -0.2) is 61.6 Å². The zero-order valence-electron chi connectivity index (χ0n) is 17.6. The van der Waals surface area contributed by atoms with Crippen LogP contribution in [0.1, 0.15) is 42.6 Å². The Labute approximate surface area is 176 Å². The van der Waals surface area contributed by atoms with Crippen LogP contribution < -0.4 is 10.6 Å². The summed E-state index contributed by atoms with van der Waals surface area (Å²) in [6, 6.07) is 6.39. The first-order chi connectivity index (χ1) is 14.3. The van der Waals surface area contributed by atoms with Gasteiger partial charge in [-0.3, -0.25) is 9.59 Å². The third kappa shape index (κ3) is 7.06. The lowest BCUT2D eigenvalue weighted by Gasteiger charge is -2.30. The Bertz CT molecular complexity index is 755. The number of piperidine rings is 1. The average Bonchev–Trinajstić information content (AvgIpc) is 2.75. The number of ether oxygens (including phenoxy) is 2. The third-order valence-corrected chi connectivity index (χ3v) is 4.77. The Morgan fingerprint density at radius 1 is 1.10 bits per heavy atom. The standard InChI is InChI=1S/C21H29N3O6/c1-14(2)23-21(28)22-12-15-4-6-16(7-5-15)20(27)30-13-18(25)24-10-8-17(9-11-24)19(26)29-3/h4-7,14,17H,8-13H2,1-3H3,(H2,22,23,28). The number of nitrogens with zero attached hydrogens (tertiary/aromatic N) is 1. The van der Waals surface area contributed by atoms with Crippen LogP contribution in [0.25, 0.3) is 0 Å². The van der Waals surface area contributed by atoms with E-state index in [4.69, 9.17) is 9.47 Å². The largest absolute Gasteiger partial charge is 0.469 e. The van der Waals surface area contributed by atoms with Crippen molar-refractivity contribution in [1.82, 2.24) is 15.5 Å². The van der Waals surface area contributed by atoms with E-state index in [1.54, 1.807) is 29.2 Å². The first-order valence-electron chi connectivity index (χ1n) is 9.96. The van der Waals surface area contributed by atoms with Crippen molar-refractivity contribution in [2.45, 2.75) is 39.3 Å². The van der Waals surface area contributed by atoms with Crippen LogP contribution in [0.3, 0.4) is 0 Å². The molecular weight excluding hydrogens is 390 g/mol. The van der Waals surface area contributed by atoms with Gasteiger partial charge in [-0.05, 0) is 44.4 Å². The minimum atomic E-state index is -0.593. The maximum absolute atomic E-state index is 12.2. The molecule has 0 unspecified atom stereocenters. The number of benzene rings is 1. The molecule has 1 aliphatic rings. The Morgan fingerprint density at radius 3 is 2.30 bits per heavy atom. The summed E-state index contributed by atoms with van der Waals surface area (Å²) in [5.41, 5.74) is 1.15. The number of carbonyl (C=O) groups excluding carboxylic acids is 4. The fourth-order valence-corrected chi connectivity index (χ4v) is 3.09. The Balaban J connectivity index is 1.75. The monoisotopic (exact) mass is 419 g/mol. The number of rotatable bonds is 7. The topological polar surface area (TPSA) is 114 Å². The summed E-state index contributed by atoms with van der Waals surface area (Å²) in [5, 5.41) is 5.45. The number of carbonyl (C=O) groups is 4. The van der Waals surface area contributed by atoms with Crippen molar-refractivity contribution in [2.75, 3.05) is 26.8 Å². The molecule has 0 bridgehead atoms. The molecule has 30 heavy (non-hydrogen) atoms. The minimum Gasteiger partial charge on any atom is -0.469 e. The van der Waals surface area contributed by atoms with E-state index in [1.165, 1.54) is 7.11 Å². The van der Waals surface area contributed by atoms with Gasteiger partial charge in [-0.15, -0.1) is 0 Å². The normalized spacial score (nSPS) is 14.2. The minimum absolute atomic E-state index is 0.0454. The summed E-state index contributed by atoms with van der Waals surface area (Å²) in [6.07, 6.45) is 1.08. The van der Waals surface area contributed by atoms with Gasteiger partial charge < -0.3 is 25.0 Å². The van der Waals surface area contributed by atoms with Gasteiger partial charge in [0.1, 0.15) is 0 Å². The smallest absolute Gasteiger partial charge is 0.338 e. The SMILES string of the molecule is COC(=O)C1CCN(C(=O)COC(=O)c2ccc(CNC(=O)NC(C)C)cc2)CC1. The molecule has 164 valence electrons. The van der Waals surface area contributed by atoms with E-state index in [0.29, 0.717) is 38.0 Å². The molecule has 1 fully saturated rings. The van der Waals surface area contributed by atoms with Gasteiger partial charge in [0.2, 0.25) is 0 Å². The van der Waals surface area contributed by atoms with Gasteiger partial charge in [-0.2, -0.15) is 0 Å². The number of likely N-dealkylation sites (tertiary alicyclic amines) is 1. The van der Waals surface area contributed by atoms with Gasteiger partial charge >= 0.3 is 18.0 Å². The van der Waals surface area contributed by atoms with Gasteiger partial charge in [0.05, 0.1) is 18.6 Å². The first-order valence-corrected chi connectivity index (χ1v) is 9.96. The van der Waals surface area contributed by atoms with Gasteiger partial charge in [0.25, 0.3) is 5.91 Å². The fraction of sp³-hybridized carbons (Fsp3) is 0.524. The first kappa shape index (κ1) is 23.2. The second kappa shape index (κ2) is 11.2. The van der Waals surface area contributed by atoms with E-state index < -0.39 is 5.97 Å². The number of nitrogens with one attached hydrogen (secondary N) is 2. The zero-order chi connectivity index (χ0) is 22.1. The third-order valence-electron chi connectivity index (χ3n) is 4.77. The zero-order valence-corrected chi connectivity index (χ0v) is 17.6. The maximum Gasteiger partial charge on any atom is 0.338 e. The fourth-order valence-electron chi connectivity index (χ4n) is 3.09. The Morgan fingerprint density at radius 2 is 1.73 bits per heavy atom. The molecule has 0 aromatic heterocycles. The number of amides is 3. The molecule has 0 atom stereocenters. The highest BCUT2D eigenvalue weighted by Gasteiger charge is 2.28. The molecule has 1 heterocycles. The van der Waals surface area contributed by atoms with Crippen LogP contribution in [-0.2, 0) is 25.6 Å². The molecular formula is C21H29N3O6. The molecule has 0 spiro atoms.